The molecule has 1 N–H and O–H groups in total. The Kier molecular flexibility index (Phi) is 10.9. The van der Waals surface area contributed by atoms with Gasteiger partial charge in [0.25, 0.3) is 10.0 Å². The zero-order valence-electron chi connectivity index (χ0n) is 22.8. The van der Waals surface area contributed by atoms with Crippen LogP contribution in [0.3, 0.4) is 0 Å². The highest BCUT2D eigenvalue weighted by atomic mass is 127. The molecule has 3 rings (SSSR count). The van der Waals surface area contributed by atoms with Gasteiger partial charge in [-0.1, -0.05) is 61.9 Å². The third kappa shape index (κ3) is 8.04. The summed E-state index contributed by atoms with van der Waals surface area (Å²) in [6.45, 7) is 7.47. The van der Waals surface area contributed by atoms with E-state index in [1.54, 1.807) is 42.5 Å². The van der Waals surface area contributed by atoms with Gasteiger partial charge in [0, 0.05) is 16.2 Å². The number of nitrogens with one attached hydrogen (secondary N) is 1. The minimum Gasteiger partial charge on any atom is -0.352 e. The Hall–Kier alpha value is -2.92. The summed E-state index contributed by atoms with van der Waals surface area (Å²) in [5, 5.41) is 2.99. The van der Waals surface area contributed by atoms with Crippen LogP contribution in [0, 0.1) is 10.5 Å². The highest BCUT2D eigenvalue weighted by Crippen LogP contribution is 2.25. The molecule has 0 aliphatic heterocycles. The summed E-state index contributed by atoms with van der Waals surface area (Å²) in [5.74, 6) is -0.709. The van der Waals surface area contributed by atoms with E-state index in [1.807, 2.05) is 52.0 Å². The van der Waals surface area contributed by atoms with Crippen molar-refractivity contribution in [3.05, 3.63) is 93.6 Å². The van der Waals surface area contributed by atoms with Gasteiger partial charge in [-0.3, -0.25) is 13.9 Å². The van der Waals surface area contributed by atoms with E-state index in [1.165, 1.54) is 17.0 Å². The van der Waals surface area contributed by atoms with Crippen LogP contribution in [0.2, 0.25) is 0 Å². The molecular weight excluding hydrogens is 625 g/mol. The molecule has 0 saturated carbocycles. The summed E-state index contributed by atoms with van der Waals surface area (Å²) >= 11 is 2.15. The van der Waals surface area contributed by atoms with Crippen molar-refractivity contribution in [3.8, 4) is 0 Å². The van der Waals surface area contributed by atoms with Crippen LogP contribution in [0.4, 0.5) is 5.69 Å². The van der Waals surface area contributed by atoms with Gasteiger partial charge in [0.2, 0.25) is 11.8 Å². The second-order valence-electron chi connectivity index (χ2n) is 9.55. The molecule has 3 aromatic carbocycles. The van der Waals surface area contributed by atoms with Crippen LogP contribution in [0.15, 0.2) is 83.8 Å². The van der Waals surface area contributed by atoms with Gasteiger partial charge < -0.3 is 10.2 Å². The lowest BCUT2D eigenvalue weighted by atomic mass is 10.1. The van der Waals surface area contributed by atoms with Gasteiger partial charge in [-0.2, -0.15) is 0 Å². The minimum absolute atomic E-state index is 0.0513. The third-order valence-corrected chi connectivity index (χ3v) is 9.09. The van der Waals surface area contributed by atoms with E-state index in [0.717, 1.165) is 25.4 Å². The summed E-state index contributed by atoms with van der Waals surface area (Å²) in [7, 11) is -4.07. The first-order valence-corrected chi connectivity index (χ1v) is 15.6. The molecule has 9 heteroatoms. The van der Waals surface area contributed by atoms with Crippen LogP contribution in [0.1, 0.15) is 44.7 Å². The highest BCUT2D eigenvalue weighted by Gasteiger charge is 2.33. The number of hydrogen-bond donors (Lipinski definition) is 1. The lowest BCUT2D eigenvalue weighted by Crippen LogP contribution is -2.53. The number of carbonyl (C=O) groups excluding carboxylic acids is 2. The Balaban J connectivity index is 2.03. The van der Waals surface area contributed by atoms with Gasteiger partial charge in [-0.15, -0.1) is 0 Å². The fraction of sp³-hybridized carbons (Fsp3) is 0.333. The van der Waals surface area contributed by atoms with Crippen molar-refractivity contribution in [1.82, 2.24) is 10.2 Å². The van der Waals surface area contributed by atoms with E-state index in [0.29, 0.717) is 12.1 Å². The fourth-order valence-electron chi connectivity index (χ4n) is 4.11. The number of nitrogens with zero attached hydrogens (tertiary/aromatic N) is 2. The molecule has 7 nitrogen and oxygen atoms in total. The molecule has 208 valence electrons. The average Bonchev–Trinajstić information content (AvgIpc) is 2.93. The zero-order chi connectivity index (χ0) is 28.6. The van der Waals surface area contributed by atoms with Crippen molar-refractivity contribution in [2.75, 3.05) is 10.8 Å². The molecule has 0 aliphatic rings. The topological polar surface area (TPSA) is 86.8 Å². The molecule has 0 heterocycles. The Labute approximate surface area is 245 Å². The molecule has 2 atom stereocenters. The summed E-state index contributed by atoms with van der Waals surface area (Å²) in [6, 6.07) is 22.0. The molecule has 3 aromatic rings. The van der Waals surface area contributed by atoms with Crippen molar-refractivity contribution in [3.63, 3.8) is 0 Å². The van der Waals surface area contributed by atoms with Crippen molar-refractivity contribution in [2.24, 2.45) is 0 Å². The molecule has 0 aliphatic carbocycles. The lowest BCUT2D eigenvalue weighted by molar-refractivity contribution is -0.140. The van der Waals surface area contributed by atoms with Crippen LogP contribution in [0.5, 0.6) is 0 Å². The van der Waals surface area contributed by atoms with Crippen LogP contribution in [-0.2, 0) is 26.2 Å². The number of hydrogen-bond acceptors (Lipinski definition) is 4. The molecule has 2 unspecified atom stereocenters. The minimum atomic E-state index is -4.07. The van der Waals surface area contributed by atoms with Crippen LogP contribution in [-0.4, -0.2) is 43.8 Å². The van der Waals surface area contributed by atoms with Gasteiger partial charge >= 0.3 is 0 Å². The van der Waals surface area contributed by atoms with Crippen molar-refractivity contribution < 1.29 is 18.0 Å². The first-order chi connectivity index (χ1) is 18.6. The number of halogens is 1. The van der Waals surface area contributed by atoms with Gasteiger partial charge in [-0.05, 0) is 91.2 Å². The maximum Gasteiger partial charge on any atom is 0.264 e. The maximum atomic E-state index is 14.0. The van der Waals surface area contributed by atoms with E-state index >= 15 is 0 Å². The van der Waals surface area contributed by atoms with Gasteiger partial charge in [0.05, 0.1) is 10.6 Å². The van der Waals surface area contributed by atoms with Crippen molar-refractivity contribution in [2.45, 2.75) is 64.1 Å². The monoisotopic (exact) mass is 661 g/mol. The number of carbonyl (C=O) groups is 2. The fourth-order valence-corrected chi connectivity index (χ4v) is 5.90. The third-order valence-electron chi connectivity index (χ3n) is 6.59. The van der Waals surface area contributed by atoms with Gasteiger partial charge in [0.1, 0.15) is 12.6 Å². The standard InChI is InChI=1S/C30H36IN3O4S/c1-5-23(4)32-30(36)28(6-2)33(20-24-14-12-22(3)13-15-24)29(35)21-34(26-18-16-25(31)17-19-26)39(37,38)27-10-8-7-9-11-27/h7-19,23,28H,5-6,20-21H2,1-4H3,(H,32,36). The maximum absolute atomic E-state index is 14.0. The molecule has 0 bridgehead atoms. The Morgan fingerprint density at radius 3 is 2.08 bits per heavy atom. The van der Waals surface area contributed by atoms with Crippen LogP contribution >= 0.6 is 22.6 Å². The first-order valence-electron chi connectivity index (χ1n) is 13.1. The molecule has 0 radical (unpaired) electrons. The number of benzene rings is 3. The van der Waals surface area contributed by atoms with Gasteiger partial charge in [0.15, 0.2) is 0 Å². The quantitative estimate of drug-likeness (QED) is 0.259. The number of sulfonamides is 1. The Bertz CT molecular complexity index is 1350. The van der Waals surface area contributed by atoms with E-state index < -0.39 is 28.5 Å². The van der Waals surface area contributed by atoms with E-state index in [2.05, 4.69) is 27.9 Å². The number of rotatable bonds is 12. The number of amides is 2. The van der Waals surface area contributed by atoms with E-state index in [4.69, 9.17) is 0 Å². The zero-order valence-corrected chi connectivity index (χ0v) is 25.8. The predicted molar refractivity (Wildman–Crippen MR) is 164 cm³/mol. The number of anilines is 1. The second-order valence-corrected chi connectivity index (χ2v) is 12.7. The second kappa shape index (κ2) is 13.9. The van der Waals surface area contributed by atoms with Crippen molar-refractivity contribution in [1.29, 1.82) is 0 Å². The van der Waals surface area contributed by atoms with Crippen molar-refractivity contribution >= 4 is 50.1 Å². The van der Waals surface area contributed by atoms with Crippen LogP contribution < -0.4 is 9.62 Å². The molecule has 2 amide bonds. The molecule has 0 fully saturated rings. The molecular formula is C30H36IN3O4S. The summed E-state index contributed by atoms with van der Waals surface area (Å²) < 4.78 is 29.7. The summed E-state index contributed by atoms with van der Waals surface area (Å²) in [4.78, 5) is 28.9. The number of aryl methyl sites for hydroxylation is 1. The van der Waals surface area contributed by atoms with Gasteiger partial charge in [-0.25, -0.2) is 8.42 Å². The average molecular weight is 662 g/mol. The summed E-state index contributed by atoms with van der Waals surface area (Å²) in [6.07, 6.45) is 1.14. The normalized spacial score (nSPS) is 12.8. The van der Waals surface area contributed by atoms with E-state index in [9.17, 15) is 18.0 Å². The highest BCUT2D eigenvalue weighted by molar-refractivity contribution is 14.1. The predicted octanol–water partition coefficient (Wildman–Crippen LogP) is 5.52. The molecule has 0 aromatic heterocycles. The van der Waals surface area contributed by atoms with E-state index in [-0.39, 0.29) is 23.4 Å². The van der Waals surface area contributed by atoms with Crippen LogP contribution in [0.25, 0.3) is 0 Å². The molecule has 0 saturated heterocycles. The Morgan fingerprint density at radius 2 is 1.51 bits per heavy atom. The lowest BCUT2D eigenvalue weighted by Gasteiger charge is -2.33. The Morgan fingerprint density at radius 1 is 0.897 bits per heavy atom. The largest absolute Gasteiger partial charge is 0.352 e. The molecule has 39 heavy (non-hydrogen) atoms. The smallest absolute Gasteiger partial charge is 0.264 e. The summed E-state index contributed by atoms with van der Waals surface area (Å²) in [5.41, 5.74) is 2.31. The first kappa shape index (κ1) is 30.6. The SMILES string of the molecule is CCC(C)NC(=O)C(CC)N(Cc1ccc(C)cc1)C(=O)CN(c1ccc(I)cc1)S(=O)(=O)c1ccccc1. The molecule has 0 spiro atoms.